The fourth-order valence-corrected chi connectivity index (χ4v) is 5.67. The summed E-state index contributed by atoms with van der Waals surface area (Å²) in [7, 11) is -3.69. The van der Waals surface area contributed by atoms with Crippen LogP contribution in [0.5, 0.6) is 0 Å². The smallest absolute Gasteiger partial charge is 0.416 e. The quantitative estimate of drug-likeness (QED) is 0.534. The first-order chi connectivity index (χ1) is 15.5. The van der Waals surface area contributed by atoms with Crippen molar-refractivity contribution in [1.29, 1.82) is 0 Å². The summed E-state index contributed by atoms with van der Waals surface area (Å²) in [6, 6.07) is 10.2. The standard InChI is InChI=1S/C25H35N3O4S/c1-6-7-17-27(24(29)32-25(3,4)5)23-21(10-8-16-26-23)22-11-9-18-28(22)33(30,31)20-14-12-19(2)13-15-20/h8,10,12-16,22H,6-7,9,11,17-18H2,1-5H3. The number of aromatic nitrogens is 1. The van der Waals surface area contributed by atoms with E-state index in [1.165, 1.54) is 0 Å². The van der Waals surface area contributed by atoms with Gasteiger partial charge in [0.1, 0.15) is 11.4 Å². The summed E-state index contributed by atoms with van der Waals surface area (Å²) in [4.78, 5) is 19.5. The van der Waals surface area contributed by atoms with E-state index >= 15 is 0 Å². The van der Waals surface area contributed by atoms with Crippen LogP contribution < -0.4 is 4.90 Å². The van der Waals surface area contributed by atoms with Gasteiger partial charge in [-0.2, -0.15) is 4.31 Å². The summed E-state index contributed by atoms with van der Waals surface area (Å²) in [5.74, 6) is 0.469. The molecular weight excluding hydrogens is 438 g/mol. The van der Waals surface area contributed by atoms with E-state index in [0.717, 1.165) is 30.4 Å². The van der Waals surface area contributed by atoms with Crippen LogP contribution >= 0.6 is 0 Å². The fraction of sp³-hybridized carbons (Fsp3) is 0.520. The summed E-state index contributed by atoms with van der Waals surface area (Å²) in [6.45, 7) is 10.3. The van der Waals surface area contributed by atoms with Crippen LogP contribution in [-0.2, 0) is 14.8 Å². The molecule has 2 aromatic rings. The Morgan fingerprint density at radius 3 is 2.55 bits per heavy atom. The van der Waals surface area contributed by atoms with Crippen molar-refractivity contribution in [3.05, 3.63) is 53.7 Å². The maximum Gasteiger partial charge on any atom is 0.416 e. The van der Waals surface area contributed by atoms with Crippen LogP contribution in [-0.4, -0.2) is 42.5 Å². The van der Waals surface area contributed by atoms with Gasteiger partial charge in [-0.15, -0.1) is 0 Å². The normalized spacial score (nSPS) is 17.2. The fourth-order valence-electron chi connectivity index (χ4n) is 4.00. The Kier molecular flexibility index (Phi) is 7.80. The minimum Gasteiger partial charge on any atom is -0.443 e. The van der Waals surface area contributed by atoms with Gasteiger partial charge < -0.3 is 4.74 Å². The van der Waals surface area contributed by atoms with Crippen LogP contribution in [0, 0.1) is 6.92 Å². The topological polar surface area (TPSA) is 79.8 Å². The lowest BCUT2D eigenvalue weighted by Crippen LogP contribution is -2.39. The monoisotopic (exact) mass is 473 g/mol. The number of benzene rings is 1. The molecule has 1 aromatic carbocycles. The Bertz CT molecular complexity index is 1060. The highest BCUT2D eigenvalue weighted by molar-refractivity contribution is 7.89. The lowest BCUT2D eigenvalue weighted by molar-refractivity contribution is 0.0578. The van der Waals surface area contributed by atoms with Crippen LogP contribution in [0.15, 0.2) is 47.5 Å². The summed E-state index contributed by atoms with van der Waals surface area (Å²) >= 11 is 0. The number of sulfonamides is 1. The van der Waals surface area contributed by atoms with E-state index in [2.05, 4.69) is 11.9 Å². The Hall–Kier alpha value is -2.45. The van der Waals surface area contributed by atoms with Crippen molar-refractivity contribution in [2.75, 3.05) is 18.0 Å². The van der Waals surface area contributed by atoms with Crippen molar-refractivity contribution in [3.8, 4) is 0 Å². The van der Waals surface area contributed by atoms with E-state index in [1.807, 2.05) is 45.9 Å². The van der Waals surface area contributed by atoms with Crippen molar-refractivity contribution in [2.45, 2.75) is 76.8 Å². The predicted molar refractivity (Wildman–Crippen MR) is 130 cm³/mol. The number of pyridine rings is 1. The molecule has 8 heteroatoms. The molecule has 1 saturated heterocycles. The first-order valence-electron chi connectivity index (χ1n) is 11.6. The maximum atomic E-state index is 13.5. The molecule has 7 nitrogen and oxygen atoms in total. The van der Waals surface area contributed by atoms with Gasteiger partial charge in [-0.3, -0.25) is 4.90 Å². The molecule has 0 radical (unpaired) electrons. The highest BCUT2D eigenvalue weighted by Crippen LogP contribution is 2.40. The van der Waals surface area contributed by atoms with Gasteiger partial charge in [0.2, 0.25) is 10.0 Å². The van der Waals surface area contributed by atoms with Gasteiger partial charge in [0.15, 0.2) is 0 Å². The molecule has 1 unspecified atom stereocenters. The number of amides is 1. The van der Waals surface area contributed by atoms with Crippen molar-refractivity contribution < 1.29 is 17.9 Å². The van der Waals surface area contributed by atoms with Crippen LogP contribution in [0.4, 0.5) is 10.6 Å². The Morgan fingerprint density at radius 1 is 1.21 bits per heavy atom. The minimum absolute atomic E-state index is 0.278. The number of carbonyl (C=O) groups excluding carboxylic acids is 1. The summed E-state index contributed by atoms with van der Waals surface area (Å²) in [6.07, 6.45) is 4.26. The molecule has 1 fully saturated rings. The Morgan fingerprint density at radius 2 is 1.91 bits per heavy atom. The van der Waals surface area contributed by atoms with Crippen LogP contribution in [0.3, 0.4) is 0 Å². The number of ether oxygens (including phenoxy) is 1. The second-order valence-electron chi connectivity index (χ2n) is 9.49. The van der Waals surface area contributed by atoms with E-state index in [1.54, 1.807) is 33.6 Å². The van der Waals surface area contributed by atoms with Gasteiger partial charge >= 0.3 is 6.09 Å². The van der Waals surface area contributed by atoms with Gasteiger partial charge in [0, 0.05) is 24.8 Å². The van der Waals surface area contributed by atoms with Gasteiger partial charge in [0.25, 0.3) is 0 Å². The molecule has 1 aliphatic rings. The molecule has 2 heterocycles. The average Bonchev–Trinajstić information content (AvgIpc) is 3.24. The minimum atomic E-state index is -3.69. The zero-order valence-corrected chi connectivity index (χ0v) is 21.1. The molecule has 1 aliphatic heterocycles. The summed E-state index contributed by atoms with van der Waals surface area (Å²) < 4.78 is 34.2. The third kappa shape index (κ3) is 5.92. The number of aryl methyl sites for hydroxylation is 1. The lowest BCUT2D eigenvalue weighted by atomic mass is 10.1. The first-order valence-corrected chi connectivity index (χ1v) is 13.0. The number of rotatable bonds is 7. The second-order valence-corrected chi connectivity index (χ2v) is 11.4. The number of carbonyl (C=O) groups is 1. The molecule has 1 amide bonds. The molecule has 33 heavy (non-hydrogen) atoms. The van der Waals surface area contributed by atoms with Gasteiger partial charge in [-0.25, -0.2) is 18.2 Å². The molecule has 3 rings (SSSR count). The molecular formula is C25H35N3O4S. The van der Waals surface area contributed by atoms with Gasteiger partial charge in [-0.1, -0.05) is 37.1 Å². The number of hydrogen-bond donors (Lipinski definition) is 0. The molecule has 0 saturated carbocycles. The summed E-state index contributed by atoms with van der Waals surface area (Å²) in [5.41, 5.74) is 1.09. The third-order valence-corrected chi connectivity index (χ3v) is 7.53. The molecule has 0 aliphatic carbocycles. The highest BCUT2D eigenvalue weighted by Gasteiger charge is 2.39. The predicted octanol–water partition coefficient (Wildman–Crippen LogP) is 5.46. The van der Waals surface area contributed by atoms with Crippen molar-refractivity contribution in [3.63, 3.8) is 0 Å². The number of anilines is 1. The zero-order chi connectivity index (χ0) is 24.2. The first kappa shape index (κ1) is 25.2. The number of hydrogen-bond acceptors (Lipinski definition) is 5. The highest BCUT2D eigenvalue weighted by atomic mass is 32.2. The number of unbranched alkanes of at least 4 members (excludes halogenated alkanes) is 1. The van der Waals surface area contributed by atoms with Crippen LogP contribution in [0.1, 0.15) is 70.5 Å². The van der Waals surface area contributed by atoms with Crippen molar-refractivity contribution in [1.82, 2.24) is 9.29 Å². The Labute approximate surface area is 197 Å². The second kappa shape index (κ2) is 10.2. The maximum absolute atomic E-state index is 13.5. The molecule has 180 valence electrons. The Balaban J connectivity index is 2.00. The molecule has 0 spiro atoms. The van der Waals surface area contributed by atoms with E-state index in [9.17, 15) is 13.2 Å². The summed E-state index contributed by atoms with van der Waals surface area (Å²) in [5, 5.41) is 0. The average molecular weight is 474 g/mol. The largest absolute Gasteiger partial charge is 0.443 e. The van der Waals surface area contributed by atoms with E-state index in [4.69, 9.17) is 4.74 Å². The van der Waals surface area contributed by atoms with E-state index in [0.29, 0.717) is 25.3 Å². The van der Waals surface area contributed by atoms with Crippen molar-refractivity contribution in [2.24, 2.45) is 0 Å². The lowest BCUT2D eigenvalue weighted by Gasteiger charge is -2.31. The zero-order valence-electron chi connectivity index (χ0n) is 20.2. The SMILES string of the molecule is CCCCN(C(=O)OC(C)(C)C)c1ncccc1C1CCCN1S(=O)(=O)c1ccc(C)cc1. The molecule has 0 N–H and O–H groups in total. The van der Waals surface area contributed by atoms with Gasteiger partial charge in [-0.05, 0) is 65.2 Å². The van der Waals surface area contributed by atoms with Crippen LogP contribution in [0.2, 0.25) is 0 Å². The molecule has 1 aromatic heterocycles. The van der Waals surface area contributed by atoms with Crippen molar-refractivity contribution >= 4 is 21.9 Å². The van der Waals surface area contributed by atoms with E-state index in [-0.39, 0.29) is 4.90 Å². The molecule has 0 bridgehead atoms. The third-order valence-electron chi connectivity index (χ3n) is 5.61. The van der Waals surface area contributed by atoms with E-state index < -0.39 is 27.8 Å². The number of nitrogens with zero attached hydrogens (tertiary/aromatic N) is 3. The van der Waals surface area contributed by atoms with Crippen LogP contribution in [0.25, 0.3) is 0 Å². The molecule has 1 atom stereocenters. The van der Waals surface area contributed by atoms with Gasteiger partial charge in [0.05, 0.1) is 10.9 Å².